The van der Waals surface area contributed by atoms with E-state index in [1.54, 1.807) is 6.20 Å². The molecule has 1 aromatic carbocycles. The Morgan fingerprint density at radius 1 is 1.10 bits per heavy atom. The molecule has 2 N–H and O–H groups in total. The Kier molecular flexibility index (Phi) is 3.42. The second kappa shape index (κ2) is 5.24. The van der Waals surface area contributed by atoms with Crippen LogP contribution in [-0.4, -0.2) is 9.97 Å². The number of hydrogen-bond acceptors (Lipinski definition) is 2. The molecule has 0 saturated carbocycles. The lowest BCUT2D eigenvalue weighted by Gasteiger charge is -2.19. The van der Waals surface area contributed by atoms with Crippen LogP contribution in [-0.2, 0) is 12.0 Å². The van der Waals surface area contributed by atoms with Crippen molar-refractivity contribution in [2.75, 3.05) is 5.32 Å². The van der Waals surface area contributed by atoms with Gasteiger partial charge in [0.15, 0.2) is 0 Å². The number of aromatic amines is 1. The number of fused-ring (bicyclic) bond motifs is 1. The maximum atomic E-state index is 4.31. The second-order valence-corrected chi connectivity index (χ2v) is 6.39. The number of H-pyrrole nitrogens is 1. The van der Waals surface area contributed by atoms with Gasteiger partial charge in [0.1, 0.15) is 5.65 Å². The van der Waals surface area contributed by atoms with Gasteiger partial charge in [-0.25, -0.2) is 4.98 Å². The third-order valence-corrected chi connectivity index (χ3v) is 3.77. The van der Waals surface area contributed by atoms with Crippen molar-refractivity contribution in [2.45, 2.75) is 32.7 Å². The summed E-state index contributed by atoms with van der Waals surface area (Å²) < 4.78 is 0. The van der Waals surface area contributed by atoms with Gasteiger partial charge in [-0.05, 0) is 40.8 Å². The summed E-state index contributed by atoms with van der Waals surface area (Å²) in [4.78, 5) is 7.51. The molecule has 0 unspecified atom stereocenters. The largest absolute Gasteiger partial charge is 0.381 e. The molecule has 0 bridgehead atoms. The van der Waals surface area contributed by atoms with Gasteiger partial charge < -0.3 is 10.3 Å². The van der Waals surface area contributed by atoms with Crippen LogP contribution in [0.4, 0.5) is 5.69 Å². The first kappa shape index (κ1) is 13.7. The number of hydrogen-bond donors (Lipinski definition) is 2. The third-order valence-electron chi connectivity index (χ3n) is 3.77. The summed E-state index contributed by atoms with van der Waals surface area (Å²) in [5, 5.41) is 4.65. The molecule has 0 fully saturated rings. The van der Waals surface area contributed by atoms with Crippen LogP contribution >= 0.6 is 0 Å². The number of anilines is 1. The van der Waals surface area contributed by atoms with Crippen molar-refractivity contribution in [2.24, 2.45) is 0 Å². The quantitative estimate of drug-likeness (QED) is 0.742. The summed E-state index contributed by atoms with van der Waals surface area (Å²) in [7, 11) is 0. The van der Waals surface area contributed by atoms with E-state index in [1.807, 2.05) is 12.3 Å². The van der Waals surface area contributed by atoms with E-state index < -0.39 is 0 Å². The molecule has 21 heavy (non-hydrogen) atoms. The summed E-state index contributed by atoms with van der Waals surface area (Å²) in [6.07, 6.45) is 3.83. The Labute approximate surface area is 125 Å². The van der Waals surface area contributed by atoms with Crippen molar-refractivity contribution in [3.8, 4) is 0 Å². The Morgan fingerprint density at radius 3 is 2.57 bits per heavy atom. The molecule has 0 aliphatic carbocycles. The van der Waals surface area contributed by atoms with Crippen LogP contribution in [0.3, 0.4) is 0 Å². The molecule has 2 aromatic heterocycles. The lowest BCUT2D eigenvalue weighted by atomic mass is 9.87. The standard InChI is InChI=1S/C18H21N3/c1-18(2,3)14-6-8-15(9-7-14)20-11-13-12-21-17-16(13)5-4-10-19-17/h4-10,12,20H,11H2,1-3H3,(H,19,21). The highest BCUT2D eigenvalue weighted by atomic mass is 14.9. The highest BCUT2D eigenvalue weighted by Gasteiger charge is 2.12. The minimum atomic E-state index is 0.195. The van der Waals surface area contributed by atoms with Crippen molar-refractivity contribution >= 4 is 16.7 Å². The molecular weight excluding hydrogens is 258 g/mol. The number of aromatic nitrogens is 2. The molecule has 3 aromatic rings. The first-order valence-electron chi connectivity index (χ1n) is 7.29. The molecule has 2 heterocycles. The van der Waals surface area contributed by atoms with Gasteiger partial charge in [0.2, 0.25) is 0 Å². The zero-order valence-corrected chi connectivity index (χ0v) is 12.8. The number of pyridine rings is 1. The molecule has 0 atom stereocenters. The van der Waals surface area contributed by atoms with Crippen LogP contribution < -0.4 is 5.32 Å². The van der Waals surface area contributed by atoms with Crippen LogP contribution in [0.2, 0.25) is 0 Å². The first-order chi connectivity index (χ1) is 10.0. The van der Waals surface area contributed by atoms with Crippen LogP contribution in [0.15, 0.2) is 48.8 Å². The summed E-state index contributed by atoms with van der Waals surface area (Å²) in [6.45, 7) is 7.48. The van der Waals surface area contributed by atoms with Gasteiger partial charge in [-0.3, -0.25) is 0 Å². The third kappa shape index (κ3) is 2.92. The number of rotatable bonds is 3. The van der Waals surface area contributed by atoms with E-state index in [1.165, 1.54) is 16.5 Å². The zero-order chi connectivity index (χ0) is 14.9. The van der Waals surface area contributed by atoms with E-state index in [2.05, 4.69) is 66.4 Å². The smallest absolute Gasteiger partial charge is 0.137 e. The van der Waals surface area contributed by atoms with E-state index >= 15 is 0 Å². The molecule has 3 heteroatoms. The number of nitrogens with zero attached hydrogens (tertiary/aromatic N) is 1. The SMILES string of the molecule is CC(C)(C)c1ccc(NCc2c[nH]c3ncccc23)cc1. The molecule has 0 radical (unpaired) electrons. The monoisotopic (exact) mass is 279 g/mol. The lowest BCUT2D eigenvalue weighted by Crippen LogP contribution is -2.10. The van der Waals surface area contributed by atoms with Gasteiger partial charge in [0.25, 0.3) is 0 Å². The van der Waals surface area contributed by atoms with Crippen molar-refractivity contribution in [1.82, 2.24) is 9.97 Å². The molecular formula is C18H21N3. The normalized spacial score (nSPS) is 11.8. The van der Waals surface area contributed by atoms with Crippen molar-refractivity contribution in [3.05, 3.63) is 59.9 Å². The Bertz CT molecular complexity index is 733. The van der Waals surface area contributed by atoms with Gasteiger partial charge in [0, 0.05) is 30.0 Å². The van der Waals surface area contributed by atoms with E-state index in [9.17, 15) is 0 Å². The zero-order valence-electron chi connectivity index (χ0n) is 12.8. The Hall–Kier alpha value is -2.29. The summed E-state index contributed by atoms with van der Waals surface area (Å²) in [5.74, 6) is 0. The molecule has 108 valence electrons. The highest BCUT2D eigenvalue weighted by molar-refractivity contribution is 5.79. The fourth-order valence-electron chi connectivity index (χ4n) is 2.44. The topological polar surface area (TPSA) is 40.7 Å². The van der Waals surface area contributed by atoms with E-state index in [4.69, 9.17) is 0 Å². The van der Waals surface area contributed by atoms with E-state index in [0.29, 0.717) is 0 Å². The number of benzene rings is 1. The van der Waals surface area contributed by atoms with Crippen molar-refractivity contribution < 1.29 is 0 Å². The highest BCUT2D eigenvalue weighted by Crippen LogP contribution is 2.24. The molecule has 0 saturated heterocycles. The van der Waals surface area contributed by atoms with Crippen LogP contribution in [0.5, 0.6) is 0 Å². The minimum absolute atomic E-state index is 0.195. The van der Waals surface area contributed by atoms with Gasteiger partial charge in [-0.2, -0.15) is 0 Å². The van der Waals surface area contributed by atoms with E-state index in [-0.39, 0.29) is 5.41 Å². The second-order valence-electron chi connectivity index (χ2n) is 6.39. The summed E-state index contributed by atoms with van der Waals surface area (Å²) in [6, 6.07) is 12.7. The van der Waals surface area contributed by atoms with Crippen LogP contribution in [0.25, 0.3) is 11.0 Å². The maximum absolute atomic E-state index is 4.31. The Balaban J connectivity index is 1.73. The average Bonchev–Trinajstić information content (AvgIpc) is 2.88. The molecule has 0 aliphatic heterocycles. The molecule has 3 nitrogen and oxygen atoms in total. The minimum Gasteiger partial charge on any atom is -0.381 e. The fourth-order valence-corrected chi connectivity index (χ4v) is 2.44. The summed E-state index contributed by atoms with van der Waals surface area (Å²) in [5.41, 5.74) is 4.86. The van der Waals surface area contributed by atoms with Crippen molar-refractivity contribution in [1.29, 1.82) is 0 Å². The predicted molar refractivity (Wildman–Crippen MR) is 88.6 cm³/mol. The predicted octanol–water partition coefficient (Wildman–Crippen LogP) is 4.47. The number of nitrogens with one attached hydrogen (secondary N) is 2. The van der Waals surface area contributed by atoms with E-state index in [0.717, 1.165) is 17.9 Å². The van der Waals surface area contributed by atoms with Crippen LogP contribution in [0.1, 0.15) is 31.9 Å². The van der Waals surface area contributed by atoms with Crippen LogP contribution in [0, 0.1) is 0 Å². The fraction of sp³-hybridized carbons (Fsp3) is 0.278. The molecule has 0 aliphatic rings. The van der Waals surface area contributed by atoms with Gasteiger partial charge in [-0.1, -0.05) is 32.9 Å². The summed E-state index contributed by atoms with van der Waals surface area (Å²) >= 11 is 0. The molecule has 0 spiro atoms. The van der Waals surface area contributed by atoms with Gasteiger partial charge >= 0.3 is 0 Å². The van der Waals surface area contributed by atoms with Gasteiger partial charge in [0.05, 0.1) is 0 Å². The average molecular weight is 279 g/mol. The molecule has 0 amide bonds. The van der Waals surface area contributed by atoms with Crippen molar-refractivity contribution in [3.63, 3.8) is 0 Å². The van der Waals surface area contributed by atoms with Gasteiger partial charge in [-0.15, -0.1) is 0 Å². The Morgan fingerprint density at radius 2 is 1.86 bits per heavy atom. The molecule has 3 rings (SSSR count). The first-order valence-corrected chi connectivity index (χ1v) is 7.29. The maximum Gasteiger partial charge on any atom is 0.137 e. The lowest BCUT2D eigenvalue weighted by molar-refractivity contribution is 0.590.